The third kappa shape index (κ3) is 6.31. The number of carbonyl (C=O) groups excluding carboxylic acids is 1. The second-order valence-corrected chi connectivity index (χ2v) is 8.33. The van der Waals surface area contributed by atoms with Crippen molar-refractivity contribution < 1.29 is 14.3 Å². The number of hydrogen-bond acceptors (Lipinski definition) is 9. The molecule has 4 N–H and O–H groups in total. The molecule has 0 saturated heterocycles. The molecule has 1 aromatic heterocycles. The average Bonchev–Trinajstić information content (AvgIpc) is 2.87. The molecule has 4 aromatic rings. The summed E-state index contributed by atoms with van der Waals surface area (Å²) < 4.78 is 14.1. The van der Waals surface area contributed by atoms with Gasteiger partial charge < -0.3 is 30.1 Å². The standard InChI is InChI=1S/C25H26N6O3S/c1-26-15-23(32)27-16-7-6-8-20(13-16)35-31-25-24(29-21-9-4-5-10-22(21)30-25)28-17-11-18(33-2)14-19(12-17)34-3/h4-14,26H,15H2,1-3H3,(H,27,32)(H,28,29)(H,30,31). The molecule has 0 aliphatic heterocycles. The van der Waals surface area contributed by atoms with E-state index in [1.165, 1.54) is 11.9 Å². The lowest BCUT2D eigenvalue weighted by molar-refractivity contribution is -0.115. The maximum Gasteiger partial charge on any atom is 0.238 e. The lowest BCUT2D eigenvalue weighted by Gasteiger charge is -2.15. The van der Waals surface area contributed by atoms with E-state index in [-0.39, 0.29) is 12.5 Å². The molecular weight excluding hydrogens is 464 g/mol. The van der Waals surface area contributed by atoms with Crippen molar-refractivity contribution in [3.8, 4) is 11.5 Å². The highest BCUT2D eigenvalue weighted by atomic mass is 32.2. The fourth-order valence-corrected chi connectivity index (χ4v) is 3.97. The maximum absolute atomic E-state index is 11.9. The van der Waals surface area contributed by atoms with Gasteiger partial charge in [-0.15, -0.1) is 0 Å². The predicted molar refractivity (Wildman–Crippen MR) is 141 cm³/mol. The molecule has 0 radical (unpaired) electrons. The normalized spacial score (nSPS) is 10.6. The van der Waals surface area contributed by atoms with E-state index in [2.05, 4.69) is 20.7 Å². The molecule has 10 heteroatoms. The van der Waals surface area contributed by atoms with Crippen LogP contribution in [0.5, 0.6) is 11.5 Å². The van der Waals surface area contributed by atoms with Crippen LogP contribution in [0.3, 0.4) is 0 Å². The first-order valence-electron chi connectivity index (χ1n) is 10.8. The Kier molecular flexibility index (Phi) is 7.86. The van der Waals surface area contributed by atoms with Crippen LogP contribution >= 0.6 is 11.9 Å². The smallest absolute Gasteiger partial charge is 0.238 e. The quantitative estimate of drug-likeness (QED) is 0.236. The number of aromatic nitrogens is 2. The van der Waals surface area contributed by atoms with E-state index >= 15 is 0 Å². The van der Waals surface area contributed by atoms with E-state index in [0.29, 0.717) is 28.8 Å². The van der Waals surface area contributed by atoms with Gasteiger partial charge in [-0.3, -0.25) is 4.79 Å². The summed E-state index contributed by atoms with van der Waals surface area (Å²) >= 11 is 1.37. The van der Waals surface area contributed by atoms with Crippen molar-refractivity contribution >= 4 is 51.9 Å². The molecule has 1 heterocycles. The Balaban J connectivity index is 1.60. The fraction of sp³-hybridized carbons (Fsp3) is 0.160. The third-order valence-corrected chi connectivity index (χ3v) is 5.69. The van der Waals surface area contributed by atoms with E-state index in [0.717, 1.165) is 21.6 Å². The van der Waals surface area contributed by atoms with Gasteiger partial charge in [-0.25, -0.2) is 9.97 Å². The van der Waals surface area contributed by atoms with Gasteiger partial charge in [0.05, 0.1) is 31.8 Å². The number of nitrogens with zero attached hydrogens (tertiary/aromatic N) is 2. The van der Waals surface area contributed by atoms with Crippen LogP contribution in [0.4, 0.5) is 23.0 Å². The Hall–Kier alpha value is -4.02. The average molecular weight is 491 g/mol. The van der Waals surface area contributed by atoms with Gasteiger partial charge in [0, 0.05) is 34.5 Å². The number of benzene rings is 3. The zero-order valence-electron chi connectivity index (χ0n) is 19.6. The van der Waals surface area contributed by atoms with Crippen LogP contribution in [0.25, 0.3) is 11.0 Å². The van der Waals surface area contributed by atoms with Gasteiger partial charge in [0.1, 0.15) is 11.5 Å². The van der Waals surface area contributed by atoms with Crippen LogP contribution < -0.4 is 30.1 Å². The van der Waals surface area contributed by atoms with Crippen LogP contribution in [0.15, 0.2) is 71.6 Å². The first kappa shape index (κ1) is 24.1. The van der Waals surface area contributed by atoms with Crippen LogP contribution in [0, 0.1) is 0 Å². The molecule has 9 nitrogen and oxygen atoms in total. The van der Waals surface area contributed by atoms with Crippen molar-refractivity contribution in [3.63, 3.8) is 0 Å². The topological polar surface area (TPSA) is 109 Å². The minimum Gasteiger partial charge on any atom is -0.497 e. The van der Waals surface area contributed by atoms with Gasteiger partial charge in [-0.2, -0.15) is 0 Å². The van der Waals surface area contributed by atoms with Gasteiger partial charge in [0.2, 0.25) is 5.91 Å². The zero-order valence-corrected chi connectivity index (χ0v) is 20.4. The summed E-state index contributed by atoms with van der Waals surface area (Å²) in [6, 6.07) is 20.7. The van der Waals surface area contributed by atoms with Gasteiger partial charge >= 0.3 is 0 Å². The Morgan fingerprint density at radius 1 is 0.857 bits per heavy atom. The van der Waals surface area contributed by atoms with E-state index in [1.807, 2.05) is 60.7 Å². The molecule has 35 heavy (non-hydrogen) atoms. The summed E-state index contributed by atoms with van der Waals surface area (Å²) in [6.45, 7) is 0.242. The molecule has 0 aliphatic rings. The Morgan fingerprint density at radius 2 is 1.54 bits per heavy atom. The highest BCUT2D eigenvalue weighted by molar-refractivity contribution is 8.00. The monoisotopic (exact) mass is 490 g/mol. The number of hydrogen-bond donors (Lipinski definition) is 4. The lowest BCUT2D eigenvalue weighted by Crippen LogP contribution is -2.24. The number of likely N-dealkylation sites (N-methyl/N-ethyl adjacent to an activating group) is 1. The third-order valence-electron chi connectivity index (χ3n) is 4.91. The van der Waals surface area contributed by atoms with E-state index in [4.69, 9.17) is 19.4 Å². The number of fused-ring (bicyclic) bond motifs is 1. The van der Waals surface area contributed by atoms with Crippen molar-refractivity contribution in [1.82, 2.24) is 15.3 Å². The molecule has 180 valence electrons. The molecule has 1 amide bonds. The Labute approximate surface area is 207 Å². The van der Waals surface area contributed by atoms with Gasteiger partial charge in [-0.05, 0) is 49.3 Å². The molecule has 4 rings (SSSR count). The number of ether oxygens (including phenoxy) is 2. The Morgan fingerprint density at radius 3 is 2.20 bits per heavy atom. The first-order chi connectivity index (χ1) is 17.1. The number of nitrogens with one attached hydrogen (secondary N) is 4. The maximum atomic E-state index is 11.9. The first-order valence-corrected chi connectivity index (χ1v) is 11.6. The van der Waals surface area contributed by atoms with E-state index in [1.54, 1.807) is 27.3 Å². The summed E-state index contributed by atoms with van der Waals surface area (Å²) in [6.07, 6.45) is 0. The second-order valence-electron chi connectivity index (χ2n) is 7.45. The minimum atomic E-state index is -0.108. The fourth-order valence-electron chi connectivity index (χ4n) is 3.29. The van der Waals surface area contributed by atoms with Crippen molar-refractivity contribution in [3.05, 3.63) is 66.7 Å². The highest BCUT2D eigenvalue weighted by Crippen LogP contribution is 2.32. The number of amides is 1. The number of carbonyl (C=O) groups is 1. The minimum absolute atomic E-state index is 0.108. The summed E-state index contributed by atoms with van der Waals surface area (Å²) in [5.74, 6) is 2.30. The number of methoxy groups -OCH3 is 2. The number of anilines is 4. The Bertz CT molecular complexity index is 1310. The molecule has 0 atom stereocenters. The lowest BCUT2D eigenvalue weighted by atomic mass is 10.2. The van der Waals surface area contributed by atoms with Gasteiger partial charge in [0.25, 0.3) is 0 Å². The second kappa shape index (κ2) is 11.4. The summed E-state index contributed by atoms with van der Waals surface area (Å²) in [7, 11) is 4.94. The molecule has 0 unspecified atom stereocenters. The van der Waals surface area contributed by atoms with Gasteiger partial charge in [0.15, 0.2) is 11.6 Å². The molecule has 0 fully saturated rings. The largest absolute Gasteiger partial charge is 0.497 e. The summed E-state index contributed by atoms with van der Waals surface area (Å²) in [5.41, 5.74) is 2.98. The van der Waals surface area contributed by atoms with Crippen molar-refractivity contribution in [2.75, 3.05) is 43.2 Å². The van der Waals surface area contributed by atoms with Crippen LogP contribution in [-0.2, 0) is 4.79 Å². The molecule has 0 saturated carbocycles. The molecule has 0 aliphatic carbocycles. The van der Waals surface area contributed by atoms with Crippen molar-refractivity contribution in [2.45, 2.75) is 4.90 Å². The summed E-state index contributed by atoms with van der Waals surface area (Å²) in [4.78, 5) is 22.3. The predicted octanol–water partition coefficient (Wildman–Crippen LogP) is 4.67. The molecule has 0 bridgehead atoms. The number of rotatable bonds is 10. The van der Waals surface area contributed by atoms with Crippen LogP contribution in [0.1, 0.15) is 0 Å². The SMILES string of the molecule is CNCC(=O)Nc1cccc(SNc2nc3ccccc3nc2Nc2cc(OC)cc(OC)c2)c1. The van der Waals surface area contributed by atoms with E-state index < -0.39 is 0 Å². The summed E-state index contributed by atoms with van der Waals surface area (Å²) in [5, 5.41) is 9.03. The molecule has 0 spiro atoms. The number of para-hydroxylation sites is 2. The molecular formula is C25H26N6O3S. The van der Waals surface area contributed by atoms with Crippen LogP contribution in [-0.4, -0.2) is 43.7 Å². The van der Waals surface area contributed by atoms with Crippen molar-refractivity contribution in [1.29, 1.82) is 0 Å². The highest BCUT2D eigenvalue weighted by Gasteiger charge is 2.12. The van der Waals surface area contributed by atoms with Crippen molar-refractivity contribution in [2.24, 2.45) is 0 Å². The van der Waals surface area contributed by atoms with Crippen LogP contribution in [0.2, 0.25) is 0 Å². The van der Waals surface area contributed by atoms with E-state index in [9.17, 15) is 4.79 Å². The molecule has 3 aromatic carbocycles. The zero-order chi connectivity index (χ0) is 24.6. The van der Waals surface area contributed by atoms with Gasteiger partial charge in [-0.1, -0.05) is 18.2 Å².